The van der Waals surface area contributed by atoms with Crippen LogP contribution in [-0.2, 0) is 23.9 Å². The molecule has 0 fully saturated rings. The van der Waals surface area contributed by atoms with E-state index in [-0.39, 0.29) is 44.4 Å². The molecule has 0 radical (unpaired) electrons. The number of esters is 2. The molecule has 0 saturated carbocycles. The Morgan fingerprint density at radius 1 is 1.10 bits per heavy atom. The molecule has 1 amide bonds. The van der Waals surface area contributed by atoms with E-state index in [4.69, 9.17) is 9.47 Å². The van der Waals surface area contributed by atoms with E-state index < -0.39 is 11.9 Å². The van der Waals surface area contributed by atoms with Gasteiger partial charge in [-0.15, -0.1) is 0 Å². The van der Waals surface area contributed by atoms with Crippen LogP contribution in [0.1, 0.15) is 30.1 Å². The van der Waals surface area contributed by atoms with Crippen molar-refractivity contribution < 1.29 is 28.7 Å². The molecule has 2 rings (SSSR count). The maximum atomic E-state index is 12.3. The molecular formula is C21H24N2O6. The zero-order chi connectivity index (χ0) is 21.1. The van der Waals surface area contributed by atoms with Crippen molar-refractivity contribution >= 4 is 23.6 Å². The lowest BCUT2D eigenvalue weighted by atomic mass is 10.1. The number of nitrogens with one attached hydrogen (secondary N) is 1. The average Bonchev–Trinajstić information content (AvgIpc) is 2.71. The summed E-state index contributed by atoms with van der Waals surface area (Å²) in [7, 11) is 0. The monoisotopic (exact) mass is 400 g/mol. The number of nitrogens with zero attached hydrogens (tertiary/aromatic N) is 1. The molecule has 0 aromatic heterocycles. The van der Waals surface area contributed by atoms with Crippen LogP contribution in [0.25, 0.3) is 0 Å². The van der Waals surface area contributed by atoms with Gasteiger partial charge >= 0.3 is 11.9 Å². The van der Waals surface area contributed by atoms with Crippen LogP contribution in [-0.4, -0.2) is 54.8 Å². The number of carbonyl (C=O) groups excluding carboxylic acids is 4. The summed E-state index contributed by atoms with van der Waals surface area (Å²) in [6.07, 6.45) is 5.11. The second-order valence-corrected chi connectivity index (χ2v) is 6.19. The van der Waals surface area contributed by atoms with Gasteiger partial charge in [0.05, 0.1) is 25.3 Å². The highest BCUT2D eigenvalue weighted by molar-refractivity contribution is 5.97. The van der Waals surface area contributed by atoms with Gasteiger partial charge in [-0.3, -0.25) is 14.4 Å². The van der Waals surface area contributed by atoms with Gasteiger partial charge < -0.3 is 19.7 Å². The first-order valence-corrected chi connectivity index (χ1v) is 9.30. The van der Waals surface area contributed by atoms with Crippen molar-refractivity contribution in [3.63, 3.8) is 0 Å². The van der Waals surface area contributed by atoms with Crippen molar-refractivity contribution in [3.8, 4) is 0 Å². The van der Waals surface area contributed by atoms with E-state index in [0.717, 1.165) is 0 Å². The highest BCUT2D eigenvalue weighted by atomic mass is 16.5. The molecule has 0 atom stereocenters. The van der Waals surface area contributed by atoms with Gasteiger partial charge in [-0.25, -0.2) is 4.79 Å². The second kappa shape index (κ2) is 11.4. The summed E-state index contributed by atoms with van der Waals surface area (Å²) in [5.74, 6) is -1.64. The molecule has 8 nitrogen and oxygen atoms in total. The van der Waals surface area contributed by atoms with Crippen LogP contribution in [0.15, 0.2) is 54.4 Å². The van der Waals surface area contributed by atoms with Crippen molar-refractivity contribution in [2.75, 3.05) is 26.3 Å². The van der Waals surface area contributed by atoms with Crippen molar-refractivity contribution in [1.29, 1.82) is 0 Å². The molecule has 0 saturated heterocycles. The lowest BCUT2D eigenvalue weighted by molar-refractivity contribution is -0.145. The number of hydrogen-bond acceptors (Lipinski definition) is 7. The van der Waals surface area contributed by atoms with E-state index >= 15 is 0 Å². The standard InChI is InChI=1S/C21H24N2O6/c1-2-28-19(25)13-18(24)15-23-11-6-9-17(14-23)20(26)22-10-12-29-21(27)16-7-4-3-5-8-16/h3-8,11,14H,2,9-10,12-13,15H2,1H3,(H,22,26). The molecular weight excluding hydrogens is 376 g/mol. The SMILES string of the molecule is CCOC(=O)CC(=O)CN1C=CCC(C(=O)NCCOC(=O)c2ccccc2)=C1. The Hall–Kier alpha value is -3.42. The Bertz CT molecular complexity index is 801. The first kappa shape index (κ1) is 21.9. The number of hydrogen-bond donors (Lipinski definition) is 1. The van der Waals surface area contributed by atoms with Gasteiger partial charge in [0, 0.05) is 18.0 Å². The summed E-state index contributed by atoms with van der Waals surface area (Å²) < 4.78 is 9.86. The zero-order valence-corrected chi connectivity index (χ0v) is 16.3. The quantitative estimate of drug-likeness (QED) is 0.361. The fourth-order valence-electron chi connectivity index (χ4n) is 2.57. The summed E-state index contributed by atoms with van der Waals surface area (Å²) in [5.41, 5.74) is 0.910. The number of benzene rings is 1. The van der Waals surface area contributed by atoms with Crippen LogP contribution in [0.5, 0.6) is 0 Å². The van der Waals surface area contributed by atoms with Crippen LogP contribution in [0.2, 0.25) is 0 Å². The topological polar surface area (TPSA) is 102 Å². The number of Topliss-reactive ketones (excluding diaryl/α,β-unsaturated/α-hetero) is 1. The molecule has 0 spiro atoms. The lowest BCUT2D eigenvalue weighted by Gasteiger charge is -2.20. The van der Waals surface area contributed by atoms with Gasteiger partial charge in [0.15, 0.2) is 5.78 Å². The van der Waals surface area contributed by atoms with E-state index in [1.165, 1.54) is 0 Å². The maximum absolute atomic E-state index is 12.3. The molecule has 29 heavy (non-hydrogen) atoms. The molecule has 1 N–H and O–H groups in total. The second-order valence-electron chi connectivity index (χ2n) is 6.19. The van der Waals surface area contributed by atoms with Gasteiger partial charge in [0.25, 0.3) is 0 Å². The van der Waals surface area contributed by atoms with Crippen LogP contribution in [0.4, 0.5) is 0 Å². The number of rotatable bonds is 10. The van der Waals surface area contributed by atoms with Gasteiger partial charge in [-0.2, -0.15) is 0 Å². The van der Waals surface area contributed by atoms with Gasteiger partial charge in [-0.05, 0) is 25.5 Å². The molecule has 154 valence electrons. The third-order valence-corrected chi connectivity index (χ3v) is 3.88. The summed E-state index contributed by atoms with van der Waals surface area (Å²) >= 11 is 0. The summed E-state index contributed by atoms with van der Waals surface area (Å²) in [4.78, 5) is 48.9. The molecule has 0 aliphatic carbocycles. The van der Waals surface area contributed by atoms with Gasteiger partial charge in [0.1, 0.15) is 13.0 Å². The first-order valence-electron chi connectivity index (χ1n) is 9.30. The molecule has 1 aromatic carbocycles. The van der Waals surface area contributed by atoms with E-state index in [0.29, 0.717) is 17.6 Å². The number of allylic oxidation sites excluding steroid dienone is 1. The Kier molecular flexibility index (Phi) is 8.62. The third-order valence-electron chi connectivity index (χ3n) is 3.88. The predicted octanol–water partition coefficient (Wildman–Crippen LogP) is 1.59. The van der Waals surface area contributed by atoms with Crippen molar-refractivity contribution in [3.05, 3.63) is 59.9 Å². The van der Waals surface area contributed by atoms with Crippen LogP contribution in [0.3, 0.4) is 0 Å². The zero-order valence-electron chi connectivity index (χ0n) is 16.3. The minimum Gasteiger partial charge on any atom is -0.466 e. The van der Waals surface area contributed by atoms with Crippen molar-refractivity contribution in [2.24, 2.45) is 0 Å². The molecule has 0 unspecified atom stereocenters. The normalized spacial score (nSPS) is 12.7. The molecule has 1 aliphatic rings. The van der Waals surface area contributed by atoms with E-state index in [1.54, 1.807) is 60.6 Å². The minimum atomic E-state index is -0.564. The summed E-state index contributed by atoms with van der Waals surface area (Å²) in [5, 5.41) is 2.68. The fourth-order valence-corrected chi connectivity index (χ4v) is 2.57. The molecule has 0 bridgehead atoms. The number of carbonyl (C=O) groups is 4. The Balaban J connectivity index is 1.74. The smallest absolute Gasteiger partial charge is 0.338 e. The fraction of sp³-hybridized carbons (Fsp3) is 0.333. The highest BCUT2D eigenvalue weighted by Gasteiger charge is 2.17. The minimum absolute atomic E-state index is 0.0270. The average molecular weight is 400 g/mol. The molecule has 8 heteroatoms. The summed E-state index contributed by atoms with van der Waals surface area (Å²) in [6.45, 7) is 2.08. The molecule has 1 heterocycles. The Morgan fingerprint density at radius 2 is 1.86 bits per heavy atom. The van der Waals surface area contributed by atoms with Crippen molar-refractivity contribution in [2.45, 2.75) is 19.8 Å². The highest BCUT2D eigenvalue weighted by Crippen LogP contribution is 2.12. The van der Waals surface area contributed by atoms with E-state index in [1.807, 2.05) is 0 Å². The largest absolute Gasteiger partial charge is 0.466 e. The number of ether oxygens (including phenoxy) is 2. The van der Waals surface area contributed by atoms with E-state index in [2.05, 4.69) is 5.32 Å². The molecule has 1 aliphatic heterocycles. The predicted molar refractivity (Wildman–Crippen MR) is 105 cm³/mol. The maximum Gasteiger partial charge on any atom is 0.338 e. The lowest BCUT2D eigenvalue weighted by Crippen LogP contribution is -2.32. The third kappa shape index (κ3) is 7.61. The Labute approximate surface area is 169 Å². The molecule has 1 aromatic rings. The van der Waals surface area contributed by atoms with Crippen molar-refractivity contribution in [1.82, 2.24) is 10.2 Å². The van der Waals surface area contributed by atoms with Gasteiger partial charge in [-0.1, -0.05) is 24.3 Å². The van der Waals surface area contributed by atoms with Crippen LogP contribution < -0.4 is 5.32 Å². The summed E-state index contributed by atoms with van der Waals surface area (Å²) in [6, 6.07) is 8.59. The van der Waals surface area contributed by atoms with Crippen LogP contribution in [0, 0.1) is 0 Å². The number of amides is 1. The van der Waals surface area contributed by atoms with Gasteiger partial charge in [0.2, 0.25) is 5.91 Å². The van der Waals surface area contributed by atoms with E-state index in [9.17, 15) is 19.2 Å². The first-order chi connectivity index (χ1) is 14.0. The van der Waals surface area contributed by atoms with Crippen LogP contribution >= 0.6 is 0 Å². The number of ketones is 1. The Morgan fingerprint density at radius 3 is 2.59 bits per heavy atom.